The summed E-state index contributed by atoms with van der Waals surface area (Å²) in [5.41, 5.74) is 7.75. The average molecular weight is 501 g/mol. The minimum Gasteiger partial charge on any atom is -0.489 e. The third-order valence-electron chi connectivity index (χ3n) is 7.17. The summed E-state index contributed by atoms with van der Waals surface area (Å²) >= 11 is 0. The zero-order valence-corrected chi connectivity index (χ0v) is 21.7. The highest BCUT2D eigenvalue weighted by atomic mass is 16.5. The van der Waals surface area contributed by atoms with Crippen LogP contribution in [-0.4, -0.2) is 43.1 Å². The number of pyridine rings is 1. The van der Waals surface area contributed by atoms with Crippen LogP contribution >= 0.6 is 0 Å². The SMILES string of the molecule is CN1CCN(c2ccc(Nc3ccnc4ccc(-c5cccc(OCc6ccccc6)c5)cc34)cc2)CC1. The zero-order chi connectivity index (χ0) is 25.7. The fraction of sp³-hybridized carbons (Fsp3) is 0.182. The molecule has 0 spiro atoms. The summed E-state index contributed by atoms with van der Waals surface area (Å²) in [6.45, 7) is 4.90. The lowest BCUT2D eigenvalue weighted by atomic mass is 10.0. The van der Waals surface area contributed by atoms with Crippen LogP contribution < -0.4 is 15.0 Å². The fourth-order valence-corrected chi connectivity index (χ4v) is 4.92. The molecule has 38 heavy (non-hydrogen) atoms. The van der Waals surface area contributed by atoms with Gasteiger partial charge in [-0.05, 0) is 78.3 Å². The van der Waals surface area contributed by atoms with Crippen molar-refractivity contribution in [2.45, 2.75) is 6.61 Å². The van der Waals surface area contributed by atoms with Crippen LogP contribution in [0.25, 0.3) is 22.0 Å². The highest BCUT2D eigenvalue weighted by Crippen LogP contribution is 2.32. The molecule has 0 saturated carbocycles. The van der Waals surface area contributed by atoms with E-state index in [1.807, 2.05) is 42.6 Å². The number of anilines is 3. The van der Waals surface area contributed by atoms with Crippen molar-refractivity contribution in [1.82, 2.24) is 9.88 Å². The third-order valence-corrected chi connectivity index (χ3v) is 7.17. The van der Waals surface area contributed by atoms with E-state index >= 15 is 0 Å². The Morgan fingerprint density at radius 2 is 1.55 bits per heavy atom. The van der Waals surface area contributed by atoms with Crippen LogP contribution in [0.2, 0.25) is 0 Å². The summed E-state index contributed by atoms with van der Waals surface area (Å²) in [4.78, 5) is 9.44. The Morgan fingerprint density at radius 3 is 2.37 bits per heavy atom. The van der Waals surface area contributed by atoms with E-state index < -0.39 is 0 Å². The number of nitrogens with one attached hydrogen (secondary N) is 1. The van der Waals surface area contributed by atoms with E-state index in [4.69, 9.17) is 4.74 Å². The van der Waals surface area contributed by atoms with Gasteiger partial charge in [0.25, 0.3) is 0 Å². The van der Waals surface area contributed by atoms with Crippen LogP contribution in [0.1, 0.15) is 5.56 Å². The maximum atomic E-state index is 6.07. The number of benzene rings is 4. The molecule has 190 valence electrons. The van der Waals surface area contributed by atoms with E-state index in [1.54, 1.807) is 0 Å². The van der Waals surface area contributed by atoms with Gasteiger partial charge in [0.1, 0.15) is 12.4 Å². The first-order valence-electron chi connectivity index (χ1n) is 13.2. The first-order chi connectivity index (χ1) is 18.7. The van der Waals surface area contributed by atoms with E-state index in [1.165, 1.54) is 5.69 Å². The van der Waals surface area contributed by atoms with Gasteiger partial charge in [-0.1, -0.05) is 48.5 Å². The van der Waals surface area contributed by atoms with Gasteiger partial charge in [0, 0.05) is 54.8 Å². The Hall–Kier alpha value is -4.35. The lowest BCUT2D eigenvalue weighted by molar-refractivity contribution is 0.306. The Kier molecular flexibility index (Phi) is 6.92. The second-order valence-corrected chi connectivity index (χ2v) is 9.85. The van der Waals surface area contributed by atoms with Crippen LogP contribution in [0.5, 0.6) is 5.75 Å². The molecule has 1 aliphatic heterocycles. The van der Waals surface area contributed by atoms with Crippen molar-refractivity contribution < 1.29 is 4.74 Å². The highest BCUT2D eigenvalue weighted by Gasteiger charge is 2.14. The van der Waals surface area contributed by atoms with Crippen molar-refractivity contribution in [1.29, 1.82) is 0 Å². The smallest absolute Gasteiger partial charge is 0.120 e. The van der Waals surface area contributed by atoms with Gasteiger partial charge in [-0.25, -0.2) is 0 Å². The van der Waals surface area contributed by atoms with Gasteiger partial charge in [-0.15, -0.1) is 0 Å². The topological polar surface area (TPSA) is 40.6 Å². The van der Waals surface area contributed by atoms with Crippen molar-refractivity contribution in [3.05, 3.63) is 115 Å². The minimum absolute atomic E-state index is 0.549. The molecule has 0 atom stereocenters. The van der Waals surface area contributed by atoms with Gasteiger partial charge in [0.05, 0.1) is 5.52 Å². The van der Waals surface area contributed by atoms with Crippen molar-refractivity contribution in [3.8, 4) is 16.9 Å². The molecular weight excluding hydrogens is 468 g/mol. The lowest BCUT2D eigenvalue weighted by Crippen LogP contribution is -2.44. The average Bonchev–Trinajstić information content (AvgIpc) is 2.98. The van der Waals surface area contributed by atoms with E-state index in [9.17, 15) is 0 Å². The number of nitrogens with zero attached hydrogens (tertiary/aromatic N) is 3. The van der Waals surface area contributed by atoms with Gasteiger partial charge in [0.15, 0.2) is 0 Å². The van der Waals surface area contributed by atoms with Gasteiger partial charge in [-0.2, -0.15) is 0 Å². The molecule has 0 unspecified atom stereocenters. The largest absolute Gasteiger partial charge is 0.489 e. The number of piperazine rings is 1. The van der Waals surface area contributed by atoms with Crippen LogP contribution in [0.15, 0.2) is 109 Å². The molecule has 4 aromatic carbocycles. The Balaban J connectivity index is 1.21. The summed E-state index contributed by atoms with van der Waals surface area (Å²) < 4.78 is 6.07. The molecular formula is C33H32N4O. The number of ether oxygens (including phenoxy) is 1. The number of likely N-dealkylation sites (N-methyl/N-ethyl adjacent to an activating group) is 1. The van der Waals surface area contributed by atoms with Crippen LogP contribution in [0, 0.1) is 0 Å². The van der Waals surface area contributed by atoms with Crippen LogP contribution in [0.3, 0.4) is 0 Å². The predicted molar refractivity (Wildman–Crippen MR) is 157 cm³/mol. The number of aromatic nitrogens is 1. The molecule has 1 aromatic heterocycles. The number of rotatable bonds is 7. The van der Waals surface area contributed by atoms with Gasteiger partial charge in [-0.3, -0.25) is 4.98 Å². The lowest BCUT2D eigenvalue weighted by Gasteiger charge is -2.34. The first kappa shape index (κ1) is 24.0. The number of fused-ring (bicyclic) bond motifs is 1. The molecule has 0 aliphatic carbocycles. The minimum atomic E-state index is 0.549. The third kappa shape index (κ3) is 5.48. The summed E-state index contributed by atoms with van der Waals surface area (Å²) in [6.07, 6.45) is 1.86. The van der Waals surface area contributed by atoms with Crippen molar-refractivity contribution in [2.24, 2.45) is 0 Å². The second-order valence-electron chi connectivity index (χ2n) is 9.85. The van der Waals surface area contributed by atoms with Crippen molar-refractivity contribution in [3.63, 3.8) is 0 Å². The Labute approximate surface area is 224 Å². The molecule has 5 nitrogen and oxygen atoms in total. The standard InChI is InChI=1S/C33H32N4O/c1-36-18-20-37(21-19-36)29-13-11-28(12-14-29)35-33-16-17-34-32-15-10-27(23-31(32)33)26-8-5-9-30(22-26)38-24-25-6-3-2-4-7-25/h2-17,22-23H,18-21,24H2,1H3,(H,34,35). The monoisotopic (exact) mass is 500 g/mol. The highest BCUT2D eigenvalue weighted by molar-refractivity contribution is 5.95. The van der Waals surface area contributed by atoms with E-state index in [0.717, 1.165) is 70.9 Å². The van der Waals surface area contributed by atoms with Crippen molar-refractivity contribution >= 4 is 28.0 Å². The molecule has 0 radical (unpaired) electrons. The van der Waals surface area contributed by atoms with E-state index in [-0.39, 0.29) is 0 Å². The first-order valence-corrected chi connectivity index (χ1v) is 13.2. The van der Waals surface area contributed by atoms with Gasteiger partial charge < -0.3 is 19.9 Å². The summed E-state index contributed by atoms with van der Waals surface area (Å²) in [5, 5.41) is 4.71. The molecule has 1 fully saturated rings. The van der Waals surface area contributed by atoms with Crippen molar-refractivity contribution in [2.75, 3.05) is 43.4 Å². The maximum Gasteiger partial charge on any atom is 0.120 e. The number of hydrogen-bond acceptors (Lipinski definition) is 5. The quantitative estimate of drug-likeness (QED) is 0.261. The molecule has 1 N–H and O–H groups in total. The molecule has 6 rings (SSSR count). The van der Waals surface area contributed by atoms with E-state index in [2.05, 4.69) is 93.9 Å². The molecule has 5 aromatic rings. The maximum absolute atomic E-state index is 6.07. The Bertz CT molecular complexity index is 1510. The van der Waals surface area contributed by atoms with E-state index in [0.29, 0.717) is 6.61 Å². The fourth-order valence-electron chi connectivity index (χ4n) is 4.92. The Morgan fingerprint density at radius 1 is 0.763 bits per heavy atom. The number of hydrogen-bond donors (Lipinski definition) is 1. The van der Waals surface area contributed by atoms with Gasteiger partial charge in [0.2, 0.25) is 0 Å². The molecule has 1 aliphatic rings. The molecule has 1 saturated heterocycles. The van der Waals surface area contributed by atoms with Gasteiger partial charge >= 0.3 is 0 Å². The molecule has 0 amide bonds. The van der Waals surface area contributed by atoms with Crippen LogP contribution in [-0.2, 0) is 6.61 Å². The molecule has 5 heteroatoms. The zero-order valence-electron chi connectivity index (χ0n) is 21.7. The predicted octanol–water partition coefficient (Wildman–Crippen LogP) is 6.98. The second kappa shape index (κ2) is 11.0. The summed E-state index contributed by atoms with van der Waals surface area (Å²) in [7, 11) is 2.19. The summed E-state index contributed by atoms with van der Waals surface area (Å²) in [6, 6.07) is 35.7. The summed E-state index contributed by atoms with van der Waals surface area (Å²) in [5.74, 6) is 0.858. The molecule has 2 heterocycles. The van der Waals surface area contributed by atoms with Crippen LogP contribution in [0.4, 0.5) is 17.1 Å². The molecule has 0 bridgehead atoms. The normalized spacial score (nSPS) is 14.0.